The summed E-state index contributed by atoms with van der Waals surface area (Å²) in [5.41, 5.74) is 1.85. The van der Waals surface area contributed by atoms with Crippen LogP contribution in [0.5, 0.6) is 5.75 Å². The maximum atomic E-state index is 11.8. The van der Waals surface area contributed by atoms with Crippen LogP contribution in [0.15, 0.2) is 36.4 Å². The summed E-state index contributed by atoms with van der Waals surface area (Å²) < 4.78 is 5.62. The average molecular weight is 232 g/mol. The highest BCUT2D eigenvalue weighted by Crippen LogP contribution is 2.28. The van der Waals surface area contributed by atoms with Gasteiger partial charge in [0.25, 0.3) is 5.91 Å². The van der Waals surface area contributed by atoms with Crippen molar-refractivity contribution in [2.75, 3.05) is 18.4 Å². The Kier molecular flexibility index (Phi) is 3.32. The molecule has 2 rings (SSSR count). The summed E-state index contributed by atoms with van der Waals surface area (Å²) in [5, 5.41) is 5.95. The number of para-hydroxylation sites is 2. The van der Waals surface area contributed by atoms with E-state index in [1.807, 2.05) is 31.2 Å². The number of anilines is 1. The summed E-state index contributed by atoms with van der Waals surface area (Å²) in [6.07, 6.45) is -0.482. The van der Waals surface area contributed by atoms with Gasteiger partial charge in [-0.05, 0) is 19.1 Å². The highest BCUT2D eigenvalue weighted by atomic mass is 16.5. The number of carbonyl (C=O) groups is 1. The molecule has 1 atom stereocenters. The van der Waals surface area contributed by atoms with Gasteiger partial charge in [-0.2, -0.15) is 0 Å². The molecule has 0 aliphatic carbocycles. The third-order valence-corrected chi connectivity index (χ3v) is 2.49. The van der Waals surface area contributed by atoms with Crippen molar-refractivity contribution in [3.8, 4) is 5.75 Å². The smallest absolute Gasteiger partial charge is 0.263 e. The number of fused-ring (bicyclic) bond motifs is 1. The molecule has 4 heteroatoms. The van der Waals surface area contributed by atoms with Crippen molar-refractivity contribution in [2.45, 2.75) is 13.0 Å². The van der Waals surface area contributed by atoms with Gasteiger partial charge in [-0.15, -0.1) is 0 Å². The molecule has 1 aliphatic rings. The molecular formula is C13H16N2O2. The van der Waals surface area contributed by atoms with Gasteiger partial charge in [0.05, 0.1) is 12.2 Å². The van der Waals surface area contributed by atoms with Gasteiger partial charge in [0.15, 0.2) is 6.10 Å². The molecule has 0 saturated carbocycles. The molecule has 17 heavy (non-hydrogen) atoms. The molecule has 0 fully saturated rings. The summed E-state index contributed by atoms with van der Waals surface area (Å²) in [6.45, 7) is 6.58. The molecule has 0 bridgehead atoms. The fourth-order valence-corrected chi connectivity index (χ4v) is 1.61. The molecule has 1 aromatic rings. The minimum absolute atomic E-state index is 0.116. The lowest BCUT2D eigenvalue weighted by Gasteiger charge is -2.26. The van der Waals surface area contributed by atoms with Crippen LogP contribution in [-0.4, -0.2) is 25.1 Å². The van der Waals surface area contributed by atoms with Gasteiger partial charge >= 0.3 is 0 Å². The normalized spacial score (nSPS) is 17.4. The monoisotopic (exact) mass is 232 g/mol. The van der Waals surface area contributed by atoms with Gasteiger partial charge in [-0.3, -0.25) is 4.79 Å². The van der Waals surface area contributed by atoms with Crippen LogP contribution in [0.4, 0.5) is 5.69 Å². The van der Waals surface area contributed by atoms with Crippen LogP contribution in [0.3, 0.4) is 0 Å². The molecule has 4 nitrogen and oxygen atoms in total. The highest BCUT2D eigenvalue weighted by molar-refractivity contribution is 5.83. The predicted octanol–water partition coefficient (Wildman–Crippen LogP) is 1.55. The number of benzene rings is 1. The fourth-order valence-electron chi connectivity index (χ4n) is 1.61. The number of ether oxygens (including phenoxy) is 1. The van der Waals surface area contributed by atoms with Crippen molar-refractivity contribution in [1.82, 2.24) is 5.32 Å². The maximum absolute atomic E-state index is 11.8. The third-order valence-electron chi connectivity index (χ3n) is 2.49. The Morgan fingerprint density at radius 1 is 1.59 bits per heavy atom. The van der Waals surface area contributed by atoms with E-state index in [4.69, 9.17) is 4.74 Å². The van der Waals surface area contributed by atoms with Gasteiger partial charge in [0, 0.05) is 6.54 Å². The van der Waals surface area contributed by atoms with Gasteiger partial charge in [-0.25, -0.2) is 0 Å². The van der Waals surface area contributed by atoms with E-state index in [2.05, 4.69) is 17.2 Å². The Labute approximate surface area is 101 Å². The zero-order valence-corrected chi connectivity index (χ0v) is 9.82. The van der Waals surface area contributed by atoms with Crippen LogP contribution >= 0.6 is 0 Å². The first-order valence-electron chi connectivity index (χ1n) is 5.58. The van der Waals surface area contributed by atoms with Gasteiger partial charge in [0.1, 0.15) is 5.75 Å². The second kappa shape index (κ2) is 4.91. The molecule has 0 aromatic heterocycles. The lowest BCUT2D eigenvalue weighted by atomic mass is 10.2. The molecule has 1 heterocycles. The molecule has 1 amide bonds. The predicted molar refractivity (Wildman–Crippen MR) is 67.2 cm³/mol. The largest absolute Gasteiger partial charge is 0.477 e. The molecule has 0 radical (unpaired) electrons. The molecule has 0 spiro atoms. The number of carbonyl (C=O) groups excluding carboxylic acids is 1. The molecular weight excluding hydrogens is 216 g/mol. The van der Waals surface area contributed by atoms with E-state index in [-0.39, 0.29) is 5.91 Å². The summed E-state index contributed by atoms with van der Waals surface area (Å²) >= 11 is 0. The summed E-state index contributed by atoms with van der Waals surface area (Å²) in [5.74, 6) is 0.601. The zero-order chi connectivity index (χ0) is 12.3. The van der Waals surface area contributed by atoms with Crippen molar-refractivity contribution >= 4 is 11.6 Å². The quantitative estimate of drug-likeness (QED) is 0.777. The van der Waals surface area contributed by atoms with Crippen LogP contribution in [0.2, 0.25) is 0 Å². The SMILES string of the molecule is C=C(C)CNC(=O)C1CNc2ccccc2O1. The van der Waals surface area contributed by atoms with E-state index < -0.39 is 6.10 Å². The summed E-state index contributed by atoms with van der Waals surface area (Å²) in [7, 11) is 0. The standard InChI is InChI=1S/C13H16N2O2/c1-9(2)7-15-13(16)12-8-14-10-5-3-4-6-11(10)17-12/h3-6,12,14H,1,7-8H2,2H3,(H,15,16). The van der Waals surface area contributed by atoms with Crippen LogP contribution < -0.4 is 15.4 Å². The zero-order valence-electron chi connectivity index (χ0n) is 9.82. The van der Waals surface area contributed by atoms with E-state index in [1.165, 1.54) is 0 Å². The van der Waals surface area contributed by atoms with E-state index in [1.54, 1.807) is 0 Å². The lowest BCUT2D eigenvalue weighted by Crippen LogP contribution is -2.45. The summed E-state index contributed by atoms with van der Waals surface area (Å²) in [6, 6.07) is 7.59. The van der Waals surface area contributed by atoms with Gasteiger partial charge in [0.2, 0.25) is 0 Å². The van der Waals surface area contributed by atoms with Gasteiger partial charge < -0.3 is 15.4 Å². The first-order valence-corrected chi connectivity index (χ1v) is 5.58. The minimum Gasteiger partial charge on any atom is -0.477 e. The molecule has 1 aromatic carbocycles. The van der Waals surface area contributed by atoms with Crippen molar-refractivity contribution in [2.24, 2.45) is 0 Å². The van der Waals surface area contributed by atoms with Crippen LogP contribution in [0.1, 0.15) is 6.92 Å². The molecule has 2 N–H and O–H groups in total. The number of hydrogen-bond acceptors (Lipinski definition) is 3. The Bertz CT molecular complexity index is 443. The van der Waals surface area contributed by atoms with Crippen LogP contribution in [0, 0.1) is 0 Å². The number of hydrogen-bond donors (Lipinski definition) is 2. The van der Waals surface area contributed by atoms with Crippen molar-refractivity contribution < 1.29 is 9.53 Å². The lowest BCUT2D eigenvalue weighted by molar-refractivity contribution is -0.127. The second-order valence-electron chi connectivity index (χ2n) is 4.16. The van der Waals surface area contributed by atoms with Crippen LogP contribution in [-0.2, 0) is 4.79 Å². The fraction of sp³-hybridized carbons (Fsp3) is 0.308. The molecule has 0 saturated heterocycles. The Balaban J connectivity index is 1.97. The van der Waals surface area contributed by atoms with E-state index in [0.29, 0.717) is 18.8 Å². The second-order valence-corrected chi connectivity index (χ2v) is 4.16. The minimum atomic E-state index is -0.482. The van der Waals surface area contributed by atoms with E-state index in [0.717, 1.165) is 11.3 Å². The number of nitrogens with one attached hydrogen (secondary N) is 2. The first kappa shape index (κ1) is 11.5. The number of amides is 1. The average Bonchev–Trinajstić information content (AvgIpc) is 2.35. The number of rotatable bonds is 3. The van der Waals surface area contributed by atoms with Gasteiger partial charge in [-0.1, -0.05) is 24.3 Å². The molecule has 1 unspecified atom stereocenters. The maximum Gasteiger partial charge on any atom is 0.263 e. The van der Waals surface area contributed by atoms with Crippen molar-refractivity contribution in [3.63, 3.8) is 0 Å². The van der Waals surface area contributed by atoms with E-state index >= 15 is 0 Å². The van der Waals surface area contributed by atoms with Crippen molar-refractivity contribution in [1.29, 1.82) is 0 Å². The topological polar surface area (TPSA) is 50.4 Å². The summed E-state index contributed by atoms with van der Waals surface area (Å²) in [4.78, 5) is 11.8. The highest BCUT2D eigenvalue weighted by Gasteiger charge is 2.25. The molecule has 90 valence electrons. The van der Waals surface area contributed by atoms with Crippen molar-refractivity contribution in [3.05, 3.63) is 36.4 Å². The Morgan fingerprint density at radius 3 is 3.12 bits per heavy atom. The Hall–Kier alpha value is -1.97. The Morgan fingerprint density at radius 2 is 2.35 bits per heavy atom. The van der Waals surface area contributed by atoms with Crippen LogP contribution in [0.25, 0.3) is 0 Å². The van der Waals surface area contributed by atoms with E-state index in [9.17, 15) is 4.79 Å². The third kappa shape index (κ3) is 2.78. The first-order chi connectivity index (χ1) is 8.16. The molecule has 1 aliphatic heterocycles.